The van der Waals surface area contributed by atoms with Crippen LogP contribution in [0.25, 0.3) is 10.9 Å². The summed E-state index contributed by atoms with van der Waals surface area (Å²) in [6, 6.07) is 8.35. The van der Waals surface area contributed by atoms with Crippen LogP contribution in [0.3, 0.4) is 0 Å². The van der Waals surface area contributed by atoms with Gasteiger partial charge in [0, 0.05) is 31.2 Å². The summed E-state index contributed by atoms with van der Waals surface area (Å²) >= 11 is 0. The van der Waals surface area contributed by atoms with Crippen molar-refractivity contribution >= 4 is 16.8 Å². The number of nitrogens with zero attached hydrogens (tertiary/aromatic N) is 2. The van der Waals surface area contributed by atoms with E-state index in [4.69, 9.17) is 11.5 Å². The number of primary amides is 1. The number of likely N-dealkylation sites (tertiary alicyclic amines) is 1. The van der Waals surface area contributed by atoms with E-state index in [0.29, 0.717) is 24.9 Å². The number of piperidine rings is 1. The maximum Gasteiger partial charge on any atom is 0.231 e. The van der Waals surface area contributed by atoms with Crippen molar-refractivity contribution in [2.75, 3.05) is 19.6 Å². The molecule has 4 N–H and O–H groups in total. The molecule has 23 heavy (non-hydrogen) atoms. The summed E-state index contributed by atoms with van der Waals surface area (Å²) in [6.07, 6.45) is 2.93. The average molecular weight is 312 g/mol. The molecule has 1 aromatic carbocycles. The Bertz CT molecular complexity index is 715. The van der Waals surface area contributed by atoms with Crippen LogP contribution in [-0.4, -0.2) is 35.4 Å². The van der Waals surface area contributed by atoms with Crippen molar-refractivity contribution in [3.8, 4) is 0 Å². The van der Waals surface area contributed by atoms with Gasteiger partial charge in [0.25, 0.3) is 0 Å². The summed E-state index contributed by atoms with van der Waals surface area (Å²) in [5, 5.41) is 1.17. The number of benzene rings is 1. The third-order valence-electron chi connectivity index (χ3n) is 4.66. The molecule has 2 aromatic rings. The zero-order valence-electron chi connectivity index (χ0n) is 13.5. The van der Waals surface area contributed by atoms with Gasteiger partial charge in [-0.3, -0.25) is 14.7 Å². The van der Waals surface area contributed by atoms with Gasteiger partial charge in [-0.25, -0.2) is 0 Å². The van der Waals surface area contributed by atoms with E-state index >= 15 is 0 Å². The van der Waals surface area contributed by atoms with E-state index in [-0.39, 0.29) is 5.91 Å². The molecule has 2 heterocycles. The van der Waals surface area contributed by atoms with Gasteiger partial charge in [-0.1, -0.05) is 25.1 Å². The predicted molar refractivity (Wildman–Crippen MR) is 91.8 cm³/mol. The zero-order valence-corrected chi connectivity index (χ0v) is 13.5. The highest BCUT2D eigenvalue weighted by Crippen LogP contribution is 2.34. The summed E-state index contributed by atoms with van der Waals surface area (Å²) in [4.78, 5) is 18.0. The summed E-state index contributed by atoms with van der Waals surface area (Å²) < 4.78 is 0. The van der Waals surface area contributed by atoms with Crippen LogP contribution in [0.15, 0.2) is 30.5 Å². The number of carbonyl (C=O) groups excluding carboxylic acids is 1. The monoisotopic (exact) mass is 312 g/mol. The number of pyridine rings is 1. The van der Waals surface area contributed by atoms with Crippen LogP contribution in [-0.2, 0) is 11.3 Å². The van der Waals surface area contributed by atoms with Gasteiger partial charge in [-0.2, -0.15) is 0 Å². The molecular weight excluding hydrogens is 288 g/mol. The highest BCUT2D eigenvalue weighted by molar-refractivity contribution is 5.85. The van der Waals surface area contributed by atoms with E-state index in [0.717, 1.165) is 30.6 Å². The van der Waals surface area contributed by atoms with E-state index < -0.39 is 0 Å². The first kappa shape index (κ1) is 15.9. The molecule has 3 rings (SSSR count). The molecule has 2 atom stereocenters. The molecule has 5 heteroatoms. The molecule has 1 aliphatic heterocycles. The molecule has 5 nitrogen and oxygen atoms in total. The molecule has 1 saturated heterocycles. The smallest absolute Gasteiger partial charge is 0.231 e. The van der Waals surface area contributed by atoms with E-state index in [2.05, 4.69) is 35.0 Å². The fourth-order valence-corrected chi connectivity index (χ4v) is 3.81. The van der Waals surface area contributed by atoms with Crippen molar-refractivity contribution in [1.82, 2.24) is 9.88 Å². The van der Waals surface area contributed by atoms with Gasteiger partial charge in [0.1, 0.15) is 0 Å². The van der Waals surface area contributed by atoms with Gasteiger partial charge in [0.15, 0.2) is 0 Å². The lowest BCUT2D eigenvalue weighted by molar-refractivity contribution is -0.119. The summed E-state index contributed by atoms with van der Waals surface area (Å²) in [6.45, 7) is 4.84. The molecule has 1 aliphatic rings. The second kappa shape index (κ2) is 6.64. The third kappa shape index (κ3) is 3.35. The van der Waals surface area contributed by atoms with Crippen molar-refractivity contribution in [3.63, 3.8) is 0 Å². The Morgan fingerprint density at radius 3 is 2.91 bits per heavy atom. The second-order valence-corrected chi connectivity index (χ2v) is 6.62. The quantitative estimate of drug-likeness (QED) is 0.898. The highest BCUT2D eigenvalue weighted by Gasteiger charge is 2.27. The molecule has 0 saturated carbocycles. The molecule has 1 fully saturated rings. The Morgan fingerprint density at radius 2 is 2.17 bits per heavy atom. The number of fused-ring (bicyclic) bond motifs is 1. The highest BCUT2D eigenvalue weighted by atomic mass is 16.1. The van der Waals surface area contributed by atoms with Crippen molar-refractivity contribution in [3.05, 3.63) is 41.6 Å². The summed E-state index contributed by atoms with van der Waals surface area (Å²) in [7, 11) is 0. The molecule has 0 bridgehead atoms. The lowest BCUT2D eigenvalue weighted by Gasteiger charge is -2.36. The molecule has 0 aliphatic carbocycles. The normalized spacial score (nSPS) is 22.3. The number of nitrogens with two attached hydrogens (primary N) is 2. The van der Waals surface area contributed by atoms with E-state index in [1.165, 1.54) is 10.9 Å². The van der Waals surface area contributed by atoms with Crippen LogP contribution in [0, 0.1) is 5.92 Å². The maximum atomic E-state index is 11.3. The van der Waals surface area contributed by atoms with Crippen molar-refractivity contribution in [2.24, 2.45) is 17.4 Å². The fraction of sp³-hybridized carbons (Fsp3) is 0.444. The van der Waals surface area contributed by atoms with Crippen LogP contribution < -0.4 is 11.5 Å². The SMILES string of the molecule is C[C@@H]1C[C@H](c2ccc(CN)c3ncccc23)CN(CC(N)=O)C1. The van der Waals surface area contributed by atoms with Crippen LogP contribution >= 0.6 is 0 Å². The zero-order chi connectivity index (χ0) is 16.4. The van der Waals surface area contributed by atoms with E-state index in [1.54, 1.807) is 0 Å². The molecule has 1 aromatic heterocycles. The molecule has 0 radical (unpaired) electrons. The minimum Gasteiger partial charge on any atom is -0.369 e. The van der Waals surface area contributed by atoms with E-state index in [1.807, 2.05) is 12.3 Å². The summed E-state index contributed by atoms with van der Waals surface area (Å²) in [5.41, 5.74) is 14.6. The lowest BCUT2D eigenvalue weighted by atomic mass is 9.83. The largest absolute Gasteiger partial charge is 0.369 e. The minimum atomic E-state index is -0.261. The topological polar surface area (TPSA) is 85.2 Å². The van der Waals surface area contributed by atoms with Gasteiger partial charge in [-0.15, -0.1) is 0 Å². The number of hydrogen-bond donors (Lipinski definition) is 2. The predicted octanol–water partition coefficient (Wildman–Crippen LogP) is 1.60. The number of amides is 1. The Balaban J connectivity index is 1.97. The van der Waals surface area contributed by atoms with Crippen molar-refractivity contribution < 1.29 is 4.79 Å². The molecule has 1 amide bonds. The van der Waals surface area contributed by atoms with Gasteiger partial charge < -0.3 is 11.5 Å². The van der Waals surface area contributed by atoms with E-state index in [9.17, 15) is 4.79 Å². The number of carbonyl (C=O) groups is 1. The van der Waals surface area contributed by atoms with Crippen molar-refractivity contribution in [1.29, 1.82) is 0 Å². The number of aromatic nitrogens is 1. The maximum absolute atomic E-state index is 11.3. The van der Waals surface area contributed by atoms with Crippen LogP contribution in [0.1, 0.15) is 30.4 Å². The third-order valence-corrected chi connectivity index (χ3v) is 4.66. The average Bonchev–Trinajstić information content (AvgIpc) is 2.52. The fourth-order valence-electron chi connectivity index (χ4n) is 3.81. The number of rotatable bonds is 4. The van der Waals surface area contributed by atoms with Crippen LogP contribution in [0.2, 0.25) is 0 Å². The minimum absolute atomic E-state index is 0.261. The molecular formula is C18H24N4O. The first-order valence-electron chi connectivity index (χ1n) is 8.15. The van der Waals surface area contributed by atoms with Crippen LogP contribution in [0.5, 0.6) is 0 Å². The first-order chi connectivity index (χ1) is 11.1. The lowest BCUT2D eigenvalue weighted by Crippen LogP contribution is -2.43. The van der Waals surface area contributed by atoms with Gasteiger partial charge >= 0.3 is 0 Å². The molecule has 0 spiro atoms. The van der Waals surface area contributed by atoms with Gasteiger partial charge in [0.2, 0.25) is 5.91 Å². The van der Waals surface area contributed by atoms with Gasteiger partial charge in [0.05, 0.1) is 12.1 Å². The number of hydrogen-bond acceptors (Lipinski definition) is 4. The Morgan fingerprint density at radius 1 is 1.35 bits per heavy atom. The van der Waals surface area contributed by atoms with Crippen molar-refractivity contribution in [2.45, 2.75) is 25.8 Å². The second-order valence-electron chi connectivity index (χ2n) is 6.62. The molecule has 0 unspecified atom stereocenters. The standard InChI is InChI=1S/C18H24N4O/c1-12-7-14(10-22(9-12)11-17(20)23)15-5-4-13(8-19)18-16(15)3-2-6-21-18/h2-6,12,14H,7-11,19H2,1H3,(H2,20,23)/t12-,14+/m1/s1. The molecule has 122 valence electrons. The van der Waals surface area contributed by atoms with Gasteiger partial charge in [-0.05, 0) is 35.4 Å². The Hall–Kier alpha value is -1.98. The summed E-state index contributed by atoms with van der Waals surface area (Å²) in [5.74, 6) is 0.661. The first-order valence-corrected chi connectivity index (χ1v) is 8.15. The Kier molecular flexibility index (Phi) is 4.59. The Labute approximate surface area is 136 Å². The van der Waals surface area contributed by atoms with Crippen LogP contribution in [0.4, 0.5) is 0 Å².